The van der Waals surface area contributed by atoms with Crippen LogP contribution in [0.1, 0.15) is 5.89 Å². The molecular formula is C8H14F2N4O2. The minimum absolute atomic E-state index is 0.000370. The van der Waals surface area contributed by atoms with E-state index >= 15 is 0 Å². The SMILES string of the molecule is CNCc1nnc(N(CCO)CC(F)F)o1. The quantitative estimate of drug-likeness (QED) is 0.686. The summed E-state index contributed by atoms with van der Waals surface area (Å²) in [5, 5.41) is 18.8. The van der Waals surface area contributed by atoms with E-state index in [1.54, 1.807) is 7.05 Å². The molecule has 0 bridgehead atoms. The van der Waals surface area contributed by atoms with Crippen molar-refractivity contribution in [2.45, 2.75) is 13.0 Å². The number of halogens is 2. The second kappa shape index (κ2) is 6.33. The molecule has 1 heterocycles. The van der Waals surface area contributed by atoms with Gasteiger partial charge in [-0.05, 0) is 7.05 Å². The summed E-state index contributed by atoms with van der Waals surface area (Å²) in [6.45, 7) is -0.390. The molecule has 0 aliphatic carbocycles. The summed E-state index contributed by atoms with van der Waals surface area (Å²) in [7, 11) is 1.70. The Hall–Kier alpha value is -1.28. The van der Waals surface area contributed by atoms with Gasteiger partial charge in [0.2, 0.25) is 5.89 Å². The monoisotopic (exact) mass is 236 g/mol. The number of aliphatic hydroxyl groups excluding tert-OH is 1. The Labute approximate surface area is 91.3 Å². The van der Waals surface area contributed by atoms with E-state index in [0.29, 0.717) is 12.4 Å². The number of alkyl halides is 2. The van der Waals surface area contributed by atoms with Crippen LogP contribution in [0.2, 0.25) is 0 Å². The zero-order valence-corrected chi connectivity index (χ0v) is 8.86. The molecule has 16 heavy (non-hydrogen) atoms. The van der Waals surface area contributed by atoms with Crippen molar-refractivity contribution < 1.29 is 18.3 Å². The number of hydrogen-bond donors (Lipinski definition) is 2. The molecule has 0 aromatic carbocycles. The van der Waals surface area contributed by atoms with Gasteiger partial charge >= 0.3 is 6.01 Å². The Morgan fingerprint density at radius 1 is 1.50 bits per heavy atom. The zero-order chi connectivity index (χ0) is 12.0. The third-order valence-electron chi connectivity index (χ3n) is 1.78. The van der Waals surface area contributed by atoms with Gasteiger partial charge in [-0.1, -0.05) is 5.10 Å². The maximum absolute atomic E-state index is 12.2. The first kappa shape index (κ1) is 12.8. The normalized spacial score (nSPS) is 11.1. The van der Waals surface area contributed by atoms with Crippen molar-refractivity contribution in [2.75, 3.05) is 31.6 Å². The van der Waals surface area contributed by atoms with Gasteiger partial charge in [0, 0.05) is 6.54 Å². The smallest absolute Gasteiger partial charge is 0.318 e. The number of hydrogen-bond acceptors (Lipinski definition) is 6. The Morgan fingerprint density at radius 3 is 2.81 bits per heavy atom. The first-order chi connectivity index (χ1) is 7.67. The Balaban J connectivity index is 2.67. The van der Waals surface area contributed by atoms with Crippen LogP contribution in [0.3, 0.4) is 0 Å². The molecular weight excluding hydrogens is 222 g/mol. The van der Waals surface area contributed by atoms with E-state index in [2.05, 4.69) is 15.5 Å². The topological polar surface area (TPSA) is 74.4 Å². The summed E-state index contributed by atoms with van der Waals surface area (Å²) in [6, 6.07) is -0.000370. The van der Waals surface area contributed by atoms with E-state index < -0.39 is 13.0 Å². The van der Waals surface area contributed by atoms with Crippen LogP contribution in [-0.2, 0) is 6.54 Å². The molecule has 0 amide bonds. The average molecular weight is 236 g/mol. The van der Waals surface area contributed by atoms with Crippen molar-refractivity contribution in [3.05, 3.63) is 5.89 Å². The lowest BCUT2D eigenvalue weighted by atomic mass is 10.5. The summed E-state index contributed by atoms with van der Waals surface area (Å²) in [5.41, 5.74) is 0. The molecule has 0 unspecified atom stereocenters. The van der Waals surface area contributed by atoms with E-state index in [4.69, 9.17) is 9.52 Å². The lowest BCUT2D eigenvalue weighted by Gasteiger charge is -2.17. The number of anilines is 1. The van der Waals surface area contributed by atoms with E-state index in [1.165, 1.54) is 0 Å². The largest absolute Gasteiger partial charge is 0.407 e. The van der Waals surface area contributed by atoms with Crippen LogP contribution >= 0.6 is 0 Å². The number of aliphatic hydroxyl groups is 1. The highest BCUT2D eigenvalue weighted by atomic mass is 19.3. The lowest BCUT2D eigenvalue weighted by Crippen LogP contribution is -2.31. The van der Waals surface area contributed by atoms with Crippen LogP contribution in [0.15, 0.2) is 4.42 Å². The summed E-state index contributed by atoms with van der Waals surface area (Å²) < 4.78 is 29.6. The molecule has 0 saturated carbocycles. The third-order valence-corrected chi connectivity index (χ3v) is 1.78. The number of nitrogens with zero attached hydrogens (tertiary/aromatic N) is 3. The minimum atomic E-state index is -2.52. The molecule has 2 N–H and O–H groups in total. The fraction of sp³-hybridized carbons (Fsp3) is 0.750. The van der Waals surface area contributed by atoms with Crippen LogP contribution < -0.4 is 10.2 Å². The molecule has 0 radical (unpaired) electrons. The zero-order valence-electron chi connectivity index (χ0n) is 8.86. The van der Waals surface area contributed by atoms with Crippen LogP contribution in [0, 0.1) is 0 Å². The van der Waals surface area contributed by atoms with Crippen LogP contribution in [0.5, 0.6) is 0 Å². The van der Waals surface area contributed by atoms with E-state index in [-0.39, 0.29) is 19.2 Å². The molecule has 92 valence electrons. The molecule has 0 aliphatic heterocycles. The first-order valence-corrected chi connectivity index (χ1v) is 4.78. The van der Waals surface area contributed by atoms with Gasteiger partial charge in [-0.2, -0.15) is 0 Å². The summed E-state index contributed by atoms with van der Waals surface area (Å²) in [4.78, 5) is 1.15. The van der Waals surface area contributed by atoms with Gasteiger partial charge in [-0.15, -0.1) is 5.10 Å². The van der Waals surface area contributed by atoms with Crippen molar-refractivity contribution in [1.82, 2.24) is 15.5 Å². The summed E-state index contributed by atoms with van der Waals surface area (Å²) in [5.74, 6) is 0.315. The fourth-order valence-electron chi connectivity index (χ4n) is 1.15. The molecule has 0 aliphatic rings. The molecule has 0 fully saturated rings. The number of rotatable bonds is 7. The summed E-state index contributed by atoms with van der Waals surface area (Å²) in [6.07, 6.45) is -2.52. The van der Waals surface area contributed by atoms with Gasteiger partial charge in [-0.3, -0.25) is 0 Å². The first-order valence-electron chi connectivity index (χ1n) is 4.78. The Kier molecular flexibility index (Phi) is 5.06. The van der Waals surface area contributed by atoms with E-state index in [1.807, 2.05) is 0 Å². The predicted octanol–water partition coefficient (Wildman–Crippen LogP) is -0.147. The molecule has 6 nitrogen and oxygen atoms in total. The highest BCUT2D eigenvalue weighted by Gasteiger charge is 2.17. The van der Waals surface area contributed by atoms with Crippen molar-refractivity contribution in [3.8, 4) is 0 Å². The molecule has 0 saturated heterocycles. The van der Waals surface area contributed by atoms with E-state index in [0.717, 1.165) is 4.90 Å². The standard InChI is InChI=1S/C8H14F2N4O2/c1-11-4-7-12-13-8(16-7)14(2-3-15)5-6(9)10/h6,11,15H,2-5H2,1H3. The Morgan fingerprint density at radius 2 is 2.25 bits per heavy atom. The number of aromatic nitrogens is 2. The van der Waals surface area contributed by atoms with Gasteiger partial charge in [-0.25, -0.2) is 8.78 Å². The fourth-order valence-corrected chi connectivity index (χ4v) is 1.15. The molecule has 8 heteroatoms. The van der Waals surface area contributed by atoms with Crippen LogP contribution in [0.25, 0.3) is 0 Å². The van der Waals surface area contributed by atoms with Crippen LogP contribution in [-0.4, -0.2) is 48.5 Å². The van der Waals surface area contributed by atoms with Gasteiger partial charge in [0.15, 0.2) is 0 Å². The molecule has 1 rings (SSSR count). The molecule has 0 atom stereocenters. The van der Waals surface area contributed by atoms with Crippen LogP contribution in [0.4, 0.5) is 14.8 Å². The predicted molar refractivity (Wildman–Crippen MR) is 52.4 cm³/mol. The molecule has 1 aromatic heterocycles. The lowest BCUT2D eigenvalue weighted by molar-refractivity contribution is 0.150. The maximum atomic E-state index is 12.2. The highest BCUT2D eigenvalue weighted by Crippen LogP contribution is 2.13. The van der Waals surface area contributed by atoms with Gasteiger partial charge < -0.3 is 19.7 Å². The highest BCUT2D eigenvalue weighted by molar-refractivity contribution is 5.23. The average Bonchev–Trinajstić information content (AvgIpc) is 2.66. The minimum Gasteiger partial charge on any atom is -0.407 e. The Bertz CT molecular complexity index is 308. The molecule has 1 aromatic rings. The van der Waals surface area contributed by atoms with Crippen molar-refractivity contribution in [2.24, 2.45) is 0 Å². The van der Waals surface area contributed by atoms with Gasteiger partial charge in [0.25, 0.3) is 6.43 Å². The number of nitrogens with one attached hydrogen (secondary N) is 1. The molecule has 0 spiro atoms. The van der Waals surface area contributed by atoms with Crippen molar-refractivity contribution >= 4 is 6.01 Å². The third kappa shape index (κ3) is 3.70. The summed E-state index contributed by atoms with van der Waals surface area (Å²) >= 11 is 0. The van der Waals surface area contributed by atoms with E-state index in [9.17, 15) is 8.78 Å². The van der Waals surface area contributed by atoms with Crippen molar-refractivity contribution in [3.63, 3.8) is 0 Å². The van der Waals surface area contributed by atoms with Crippen molar-refractivity contribution in [1.29, 1.82) is 0 Å². The maximum Gasteiger partial charge on any atom is 0.318 e. The van der Waals surface area contributed by atoms with Gasteiger partial charge in [0.1, 0.15) is 0 Å². The second-order valence-corrected chi connectivity index (χ2v) is 3.07. The van der Waals surface area contributed by atoms with Gasteiger partial charge in [0.05, 0.1) is 19.7 Å². The second-order valence-electron chi connectivity index (χ2n) is 3.07.